The number of nitrogen functional groups attached to an aromatic ring is 1. The molecule has 94 valence electrons. The number of nitrogens with two attached hydrogens (primary N) is 1. The molecule has 2 N–H and O–H groups in total. The minimum Gasteiger partial charge on any atom is -0.383 e. The van der Waals surface area contributed by atoms with Gasteiger partial charge in [0.25, 0.3) is 0 Å². The highest BCUT2D eigenvalue weighted by atomic mass is 35.5. The molecule has 1 aromatic heterocycles. The van der Waals surface area contributed by atoms with E-state index in [4.69, 9.17) is 17.3 Å². The van der Waals surface area contributed by atoms with Crippen molar-refractivity contribution in [2.24, 2.45) is 0 Å². The smallest absolute Gasteiger partial charge is 0.164 e. The van der Waals surface area contributed by atoms with Gasteiger partial charge in [-0.25, -0.2) is 14.4 Å². The first-order valence-electron chi connectivity index (χ1n) is 5.61. The molecule has 0 bridgehead atoms. The molecule has 0 spiro atoms. The molecular formula is C13H13ClFN3. The lowest BCUT2D eigenvalue weighted by atomic mass is 10.1. The van der Waals surface area contributed by atoms with Gasteiger partial charge in [0, 0.05) is 16.3 Å². The molecule has 0 fully saturated rings. The number of nitrogens with zero attached hydrogens (tertiary/aromatic N) is 2. The van der Waals surface area contributed by atoms with Crippen LogP contribution in [0.1, 0.15) is 18.2 Å². The normalized spacial score (nSPS) is 10.7. The van der Waals surface area contributed by atoms with E-state index in [0.29, 0.717) is 16.4 Å². The first kappa shape index (κ1) is 12.8. The topological polar surface area (TPSA) is 51.8 Å². The molecule has 0 radical (unpaired) electrons. The lowest BCUT2D eigenvalue weighted by molar-refractivity contribution is 0.630. The molecule has 0 aliphatic rings. The van der Waals surface area contributed by atoms with Gasteiger partial charge in [-0.05, 0) is 31.5 Å². The van der Waals surface area contributed by atoms with Gasteiger partial charge < -0.3 is 5.73 Å². The van der Waals surface area contributed by atoms with Crippen molar-refractivity contribution in [2.45, 2.75) is 20.3 Å². The van der Waals surface area contributed by atoms with Gasteiger partial charge in [0.05, 0.1) is 5.56 Å². The Balaban J connectivity index is 2.58. The molecular weight excluding hydrogens is 253 g/mol. The van der Waals surface area contributed by atoms with Crippen LogP contribution in [-0.2, 0) is 6.42 Å². The zero-order valence-corrected chi connectivity index (χ0v) is 10.9. The second-order valence-electron chi connectivity index (χ2n) is 3.97. The number of aromatic nitrogens is 2. The van der Waals surface area contributed by atoms with Crippen LogP contribution in [0, 0.1) is 12.7 Å². The van der Waals surface area contributed by atoms with Gasteiger partial charge in [0.15, 0.2) is 5.82 Å². The standard InChI is InChI=1S/C13H13ClFN3/c1-3-9-7(2)17-13(18-12(9)16)10-5-4-8(14)6-11(10)15/h4-6H,3H2,1-2H3,(H2,16,17,18). The van der Waals surface area contributed by atoms with Crippen LogP contribution in [0.4, 0.5) is 10.2 Å². The van der Waals surface area contributed by atoms with Crippen LogP contribution in [0.25, 0.3) is 11.4 Å². The molecule has 0 unspecified atom stereocenters. The second-order valence-corrected chi connectivity index (χ2v) is 4.41. The van der Waals surface area contributed by atoms with Crippen molar-refractivity contribution in [3.8, 4) is 11.4 Å². The van der Waals surface area contributed by atoms with Crippen LogP contribution < -0.4 is 5.73 Å². The molecule has 3 nitrogen and oxygen atoms in total. The Bertz CT molecular complexity index is 576. The molecule has 0 amide bonds. The summed E-state index contributed by atoms with van der Waals surface area (Å²) in [6.07, 6.45) is 0.751. The number of rotatable bonds is 2. The molecule has 0 aliphatic carbocycles. The Morgan fingerprint density at radius 2 is 2.06 bits per heavy atom. The Morgan fingerprint density at radius 1 is 1.33 bits per heavy atom. The van der Waals surface area contributed by atoms with Crippen LogP contribution in [0.15, 0.2) is 18.2 Å². The van der Waals surface area contributed by atoms with Gasteiger partial charge in [-0.15, -0.1) is 0 Å². The maximum atomic E-state index is 13.8. The summed E-state index contributed by atoms with van der Waals surface area (Å²) in [6.45, 7) is 3.82. The maximum absolute atomic E-state index is 13.8. The zero-order chi connectivity index (χ0) is 13.3. The number of benzene rings is 1. The Labute approximate surface area is 110 Å². The summed E-state index contributed by atoms with van der Waals surface area (Å²) in [7, 11) is 0. The maximum Gasteiger partial charge on any atom is 0.164 e. The van der Waals surface area contributed by atoms with Crippen molar-refractivity contribution in [2.75, 3.05) is 5.73 Å². The highest BCUT2D eigenvalue weighted by molar-refractivity contribution is 6.30. The summed E-state index contributed by atoms with van der Waals surface area (Å²) in [4.78, 5) is 8.44. The lowest BCUT2D eigenvalue weighted by Crippen LogP contribution is -2.05. The van der Waals surface area contributed by atoms with E-state index < -0.39 is 5.82 Å². The van der Waals surface area contributed by atoms with Crippen LogP contribution >= 0.6 is 11.6 Å². The average molecular weight is 266 g/mol. The van der Waals surface area contributed by atoms with E-state index in [1.807, 2.05) is 13.8 Å². The fraction of sp³-hybridized carbons (Fsp3) is 0.231. The summed E-state index contributed by atoms with van der Waals surface area (Å²) >= 11 is 5.71. The van der Waals surface area contributed by atoms with Crippen LogP contribution in [0.3, 0.4) is 0 Å². The fourth-order valence-electron chi connectivity index (χ4n) is 1.85. The summed E-state index contributed by atoms with van der Waals surface area (Å²) in [5.74, 6) is 0.233. The van der Waals surface area contributed by atoms with Crippen molar-refractivity contribution in [3.05, 3.63) is 40.3 Å². The number of halogens is 2. The minimum absolute atomic E-state index is 0.288. The Kier molecular flexibility index (Phi) is 3.48. The van der Waals surface area contributed by atoms with E-state index in [0.717, 1.165) is 17.7 Å². The van der Waals surface area contributed by atoms with Crippen LogP contribution in [-0.4, -0.2) is 9.97 Å². The third-order valence-electron chi connectivity index (χ3n) is 2.77. The summed E-state index contributed by atoms with van der Waals surface area (Å²) in [6, 6.07) is 4.39. The molecule has 0 saturated heterocycles. The largest absolute Gasteiger partial charge is 0.383 e. The van der Waals surface area contributed by atoms with E-state index in [1.165, 1.54) is 6.07 Å². The van der Waals surface area contributed by atoms with Crippen molar-refractivity contribution in [3.63, 3.8) is 0 Å². The molecule has 0 aliphatic heterocycles. The molecule has 5 heteroatoms. The third-order valence-corrected chi connectivity index (χ3v) is 3.01. The fourth-order valence-corrected chi connectivity index (χ4v) is 2.01. The third kappa shape index (κ3) is 2.29. The first-order valence-corrected chi connectivity index (χ1v) is 5.99. The highest BCUT2D eigenvalue weighted by Gasteiger charge is 2.12. The van der Waals surface area contributed by atoms with E-state index in [1.54, 1.807) is 12.1 Å². The summed E-state index contributed by atoms with van der Waals surface area (Å²) in [5.41, 5.74) is 7.82. The summed E-state index contributed by atoms with van der Waals surface area (Å²) in [5, 5.41) is 0.339. The molecule has 1 aromatic carbocycles. The van der Waals surface area contributed by atoms with Crippen molar-refractivity contribution in [1.82, 2.24) is 9.97 Å². The van der Waals surface area contributed by atoms with Crippen molar-refractivity contribution < 1.29 is 4.39 Å². The zero-order valence-electron chi connectivity index (χ0n) is 10.2. The van der Waals surface area contributed by atoms with E-state index in [9.17, 15) is 4.39 Å². The Hall–Kier alpha value is -1.68. The number of anilines is 1. The number of aryl methyl sites for hydroxylation is 1. The van der Waals surface area contributed by atoms with E-state index in [2.05, 4.69) is 9.97 Å². The predicted octanol–water partition coefficient (Wildman–Crippen LogP) is 3.39. The van der Waals surface area contributed by atoms with Gasteiger partial charge in [0.2, 0.25) is 0 Å². The van der Waals surface area contributed by atoms with Gasteiger partial charge in [-0.1, -0.05) is 18.5 Å². The summed E-state index contributed by atoms with van der Waals surface area (Å²) < 4.78 is 13.8. The molecule has 0 saturated carbocycles. The van der Waals surface area contributed by atoms with Crippen molar-refractivity contribution >= 4 is 17.4 Å². The second kappa shape index (κ2) is 4.90. The van der Waals surface area contributed by atoms with Crippen LogP contribution in [0.2, 0.25) is 5.02 Å². The minimum atomic E-state index is -0.453. The molecule has 2 rings (SSSR count). The van der Waals surface area contributed by atoms with Gasteiger partial charge >= 0.3 is 0 Å². The molecule has 2 aromatic rings. The Morgan fingerprint density at radius 3 is 2.61 bits per heavy atom. The van der Waals surface area contributed by atoms with Gasteiger partial charge in [-0.2, -0.15) is 0 Å². The van der Waals surface area contributed by atoms with Crippen molar-refractivity contribution in [1.29, 1.82) is 0 Å². The quantitative estimate of drug-likeness (QED) is 0.906. The molecule has 1 heterocycles. The first-order chi connectivity index (χ1) is 8.52. The number of hydrogen-bond donors (Lipinski definition) is 1. The molecule has 0 atom stereocenters. The lowest BCUT2D eigenvalue weighted by Gasteiger charge is -2.09. The monoisotopic (exact) mass is 265 g/mol. The van der Waals surface area contributed by atoms with Gasteiger partial charge in [-0.3, -0.25) is 0 Å². The molecule has 18 heavy (non-hydrogen) atoms. The van der Waals surface area contributed by atoms with E-state index in [-0.39, 0.29) is 5.82 Å². The average Bonchev–Trinajstić information content (AvgIpc) is 2.28. The SMILES string of the molecule is CCc1c(C)nc(-c2ccc(Cl)cc2F)nc1N. The van der Waals surface area contributed by atoms with Gasteiger partial charge in [0.1, 0.15) is 11.6 Å². The highest BCUT2D eigenvalue weighted by Crippen LogP contribution is 2.25. The van der Waals surface area contributed by atoms with E-state index >= 15 is 0 Å². The predicted molar refractivity (Wildman–Crippen MR) is 71.0 cm³/mol. The number of hydrogen-bond acceptors (Lipinski definition) is 3. The van der Waals surface area contributed by atoms with Crippen LogP contribution in [0.5, 0.6) is 0 Å².